The lowest BCUT2D eigenvalue weighted by Crippen LogP contribution is -2.06. The van der Waals surface area contributed by atoms with Gasteiger partial charge in [-0.2, -0.15) is 5.26 Å². The average molecular weight is 350 g/mol. The smallest absolute Gasteiger partial charge is 0.253 e. The summed E-state index contributed by atoms with van der Waals surface area (Å²) in [4.78, 5) is 0. The van der Waals surface area contributed by atoms with Gasteiger partial charge in [0, 0.05) is 0 Å². The molecule has 6 heteroatoms. The summed E-state index contributed by atoms with van der Waals surface area (Å²) in [6.45, 7) is 4.62. The van der Waals surface area contributed by atoms with E-state index in [1.807, 2.05) is 38.1 Å². The Morgan fingerprint density at radius 3 is 2.65 bits per heavy atom. The standard InChI is InChI=1S/C20H19FN4O/c1-13-6-7-16(8-14(13)2)12-26-20-18(10-22)19(23)25(24-20)11-15-4-3-5-17(21)9-15/h3-9H,11-12,23H2,1-2H3. The zero-order chi connectivity index (χ0) is 18.7. The monoisotopic (exact) mass is 350 g/mol. The molecule has 132 valence electrons. The molecule has 0 aliphatic heterocycles. The molecule has 0 aliphatic rings. The second-order valence-electron chi connectivity index (χ2n) is 6.17. The number of nitriles is 1. The number of ether oxygens (including phenoxy) is 1. The van der Waals surface area contributed by atoms with Crippen LogP contribution in [0.4, 0.5) is 10.2 Å². The summed E-state index contributed by atoms with van der Waals surface area (Å²) >= 11 is 0. The van der Waals surface area contributed by atoms with E-state index in [2.05, 4.69) is 5.10 Å². The first-order chi connectivity index (χ1) is 12.5. The number of benzene rings is 2. The molecule has 26 heavy (non-hydrogen) atoms. The molecule has 0 atom stereocenters. The van der Waals surface area contributed by atoms with Gasteiger partial charge < -0.3 is 10.5 Å². The molecule has 0 aliphatic carbocycles. The number of aromatic nitrogens is 2. The highest BCUT2D eigenvalue weighted by Gasteiger charge is 2.17. The number of nitrogens with two attached hydrogens (primary N) is 1. The van der Waals surface area contributed by atoms with Gasteiger partial charge in [-0.25, -0.2) is 9.07 Å². The summed E-state index contributed by atoms with van der Waals surface area (Å²) in [5.74, 6) is 0.0476. The van der Waals surface area contributed by atoms with Gasteiger partial charge in [0.1, 0.15) is 24.3 Å². The Bertz CT molecular complexity index is 988. The van der Waals surface area contributed by atoms with Crippen LogP contribution >= 0.6 is 0 Å². The first kappa shape index (κ1) is 17.5. The SMILES string of the molecule is Cc1ccc(COc2nn(Cc3cccc(F)c3)c(N)c2C#N)cc1C. The number of hydrogen-bond acceptors (Lipinski definition) is 4. The number of nitrogens with zero attached hydrogens (tertiary/aromatic N) is 3. The van der Waals surface area contributed by atoms with E-state index in [1.54, 1.807) is 12.1 Å². The van der Waals surface area contributed by atoms with Gasteiger partial charge in [0.05, 0.1) is 6.54 Å². The number of halogens is 1. The Balaban J connectivity index is 1.81. The second kappa shape index (κ2) is 7.28. The lowest BCUT2D eigenvalue weighted by molar-refractivity contribution is 0.289. The van der Waals surface area contributed by atoms with Crippen LogP contribution in [0.2, 0.25) is 0 Å². The van der Waals surface area contributed by atoms with E-state index in [4.69, 9.17) is 10.5 Å². The van der Waals surface area contributed by atoms with E-state index in [0.717, 1.165) is 5.56 Å². The molecular formula is C20H19FN4O. The van der Waals surface area contributed by atoms with Gasteiger partial charge in [-0.15, -0.1) is 5.10 Å². The molecule has 0 radical (unpaired) electrons. The molecule has 1 heterocycles. The highest BCUT2D eigenvalue weighted by molar-refractivity contribution is 5.55. The van der Waals surface area contributed by atoms with Gasteiger partial charge in [0.2, 0.25) is 0 Å². The largest absolute Gasteiger partial charge is 0.471 e. The van der Waals surface area contributed by atoms with E-state index < -0.39 is 0 Å². The van der Waals surface area contributed by atoms with E-state index in [9.17, 15) is 9.65 Å². The molecule has 1 aromatic heterocycles. The first-order valence-electron chi connectivity index (χ1n) is 8.17. The third-order valence-electron chi connectivity index (χ3n) is 4.24. The van der Waals surface area contributed by atoms with Crippen molar-refractivity contribution in [1.82, 2.24) is 9.78 Å². The normalized spacial score (nSPS) is 10.5. The fourth-order valence-corrected chi connectivity index (χ4v) is 2.63. The molecular weight excluding hydrogens is 331 g/mol. The molecule has 0 fully saturated rings. The summed E-state index contributed by atoms with van der Waals surface area (Å²) in [6, 6.07) is 14.2. The van der Waals surface area contributed by atoms with Crippen molar-refractivity contribution in [3.8, 4) is 11.9 Å². The number of rotatable bonds is 5. The topological polar surface area (TPSA) is 76.9 Å². The third kappa shape index (κ3) is 3.67. The maximum atomic E-state index is 13.4. The molecule has 0 saturated heterocycles. The molecule has 3 aromatic rings. The van der Waals surface area contributed by atoms with E-state index >= 15 is 0 Å². The van der Waals surface area contributed by atoms with E-state index in [1.165, 1.54) is 27.9 Å². The molecule has 0 saturated carbocycles. The molecule has 3 rings (SSSR count). The molecule has 2 aromatic carbocycles. The van der Waals surface area contributed by atoms with E-state index in [-0.39, 0.29) is 36.2 Å². The van der Waals surface area contributed by atoms with Crippen molar-refractivity contribution in [3.63, 3.8) is 0 Å². The lowest BCUT2D eigenvalue weighted by Gasteiger charge is -2.06. The zero-order valence-corrected chi connectivity index (χ0v) is 14.7. The van der Waals surface area contributed by atoms with Gasteiger partial charge in [0.25, 0.3) is 5.88 Å². The predicted molar refractivity (Wildman–Crippen MR) is 97.1 cm³/mol. The average Bonchev–Trinajstić information content (AvgIpc) is 2.91. The first-order valence-corrected chi connectivity index (χ1v) is 8.17. The summed E-state index contributed by atoms with van der Waals surface area (Å²) in [5, 5.41) is 13.7. The molecule has 0 bridgehead atoms. The third-order valence-corrected chi connectivity index (χ3v) is 4.24. The maximum absolute atomic E-state index is 13.4. The van der Waals surface area contributed by atoms with Gasteiger partial charge >= 0.3 is 0 Å². The minimum Gasteiger partial charge on any atom is -0.471 e. The predicted octanol–water partition coefficient (Wildman–Crippen LogP) is 3.72. The quantitative estimate of drug-likeness (QED) is 0.761. The van der Waals surface area contributed by atoms with Crippen LogP contribution in [-0.4, -0.2) is 9.78 Å². The van der Waals surface area contributed by atoms with Crippen molar-refractivity contribution in [1.29, 1.82) is 5.26 Å². The van der Waals surface area contributed by atoms with Crippen LogP contribution in [0.1, 0.15) is 27.8 Å². The Hall–Kier alpha value is -3.33. The number of aryl methyl sites for hydroxylation is 2. The fraction of sp³-hybridized carbons (Fsp3) is 0.200. The Morgan fingerprint density at radius 1 is 1.15 bits per heavy atom. The fourth-order valence-electron chi connectivity index (χ4n) is 2.63. The van der Waals surface area contributed by atoms with Crippen molar-refractivity contribution >= 4 is 5.82 Å². The summed E-state index contributed by atoms with van der Waals surface area (Å²) < 4.78 is 20.5. The summed E-state index contributed by atoms with van der Waals surface area (Å²) in [5.41, 5.74) is 10.3. The van der Waals surface area contributed by atoms with Crippen LogP contribution in [0.15, 0.2) is 42.5 Å². The zero-order valence-electron chi connectivity index (χ0n) is 14.7. The number of anilines is 1. The van der Waals surface area contributed by atoms with E-state index in [0.29, 0.717) is 5.56 Å². The van der Waals surface area contributed by atoms with Crippen molar-refractivity contribution < 1.29 is 9.13 Å². The Morgan fingerprint density at radius 2 is 1.96 bits per heavy atom. The minimum atomic E-state index is -0.333. The number of nitrogen functional groups attached to an aromatic ring is 1. The number of hydrogen-bond donors (Lipinski definition) is 1. The van der Waals surface area contributed by atoms with Crippen LogP contribution in [0, 0.1) is 31.0 Å². The highest BCUT2D eigenvalue weighted by Crippen LogP contribution is 2.25. The van der Waals surface area contributed by atoms with Crippen molar-refractivity contribution in [3.05, 3.63) is 76.1 Å². The van der Waals surface area contributed by atoms with Gasteiger partial charge in [0.15, 0.2) is 5.56 Å². The van der Waals surface area contributed by atoms with Crippen LogP contribution in [0.5, 0.6) is 5.88 Å². The molecule has 5 nitrogen and oxygen atoms in total. The van der Waals surface area contributed by atoms with Gasteiger partial charge in [-0.1, -0.05) is 30.3 Å². The maximum Gasteiger partial charge on any atom is 0.253 e. The summed E-state index contributed by atoms with van der Waals surface area (Å²) in [7, 11) is 0. The summed E-state index contributed by atoms with van der Waals surface area (Å²) in [6.07, 6.45) is 0. The van der Waals surface area contributed by atoms with Crippen LogP contribution < -0.4 is 10.5 Å². The molecule has 0 unspecified atom stereocenters. The van der Waals surface area contributed by atoms with Crippen LogP contribution in [0.25, 0.3) is 0 Å². The molecule has 2 N–H and O–H groups in total. The highest BCUT2D eigenvalue weighted by atomic mass is 19.1. The van der Waals surface area contributed by atoms with Crippen molar-refractivity contribution in [2.45, 2.75) is 27.0 Å². The van der Waals surface area contributed by atoms with Crippen molar-refractivity contribution in [2.75, 3.05) is 5.73 Å². The second-order valence-corrected chi connectivity index (χ2v) is 6.17. The van der Waals surface area contributed by atoms with Crippen molar-refractivity contribution in [2.24, 2.45) is 0 Å². The molecule has 0 amide bonds. The van der Waals surface area contributed by atoms with Gasteiger partial charge in [-0.05, 0) is 48.2 Å². The lowest BCUT2D eigenvalue weighted by atomic mass is 10.1. The van der Waals surface area contributed by atoms with Gasteiger partial charge in [-0.3, -0.25) is 0 Å². The molecule has 0 spiro atoms. The Labute approximate surface area is 151 Å². The minimum absolute atomic E-state index is 0.180. The Kier molecular flexibility index (Phi) is 4.90. The van der Waals surface area contributed by atoms with Crippen LogP contribution in [0.3, 0.4) is 0 Å². The van der Waals surface area contributed by atoms with Crippen LogP contribution in [-0.2, 0) is 13.2 Å².